The van der Waals surface area contributed by atoms with Crippen LogP contribution in [0, 0.1) is 0 Å². The minimum atomic E-state index is -2.97. The molecule has 3 N–H and O–H groups in total. The lowest BCUT2D eigenvalue weighted by Crippen LogP contribution is -2.34. The first-order chi connectivity index (χ1) is 8.97. The van der Waals surface area contributed by atoms with Gasteiger partial charge in [-0.05, 0) is 18.6 Å². The fourth-order valence-electron chi connectivity index (χ4n) is 1.36. The van der Waals surface area contributed by atoms with Gasteiger partial charge in [-0.3, -0.25) is 4.79 Å². The van der Waals surface area contributed by atoms with Gasteiger partial charge in [0.15, 0.2) is 11.5 Å². The minimum Gasteiger partial charge on any atom is -0.493 e. The fraction of sp³-hybridized carbons (Fsp3) is 0.417. The largest absolute Gasteiger partial charge is 0.493 e. The molecule has 0 aliphatic heterocycles. The van der Waals surface area contributed by atoms with Gasteiger partial charge < -0.3 is 20.5 Å². The molecule has 0 heterocycles. The normalized spacial score (nSPS) is 12.1. The molecular formula is C12H16F2N2O3. The Bertz CT molecular complexity index is 441. The summed E-state index contributed by atoms with van der Waals surface area (Å²) in [5.41, 5.74) is 5.86. The van der Waals surface area contributed by atoms with Crippen LogP contribution in [0.25, 0.3) is 0 Å². The smallest absolute Gasteiger partial charge is 0.387 e. The number of hydrogen-bond donors (Lipinski definition) is 2. The van der Waals surface area contributed by atoms with Crippen molar-refractivity contribution in [2.24, 2.45) is 5.73 Å². The summed E-state index contributed by atoms with van der Waals surface area (Å²) in [4.78, 5) is 11.6. The molecule has 7 heteroatoms. The average Bonchev–Trinajstić information content (AvgIpc) is 2.37. The molecule has 19 heavy (non-hydrogen) atoms. The first kappa shape index (κ1) is 15.2. The lowest BCUT2D eigenvalue weighted by Gasteiger charge is -2.13. The van der Waals surface area contributed by atoms with Gasteiger partial charge >= 0.3 is 6.61 Å². The number of nitrogens with one attached hydrogen (secondary N) is 1. The Morgan fingerprint density at radius 3 is 2.63 bits per heavy atom. The topological polar surface area (TPSA) is 73.6 Å². The molecule has 1 aromatic carbocycles. The van der Waals surface area contributed by atoms with E-state index < -0.39 is 18.6 Å². The maximum Gasteiger partial charge on any atom is 0.387 e. The second-order valence-electron chi connectivity index (χ2n) is 3.75. The number of halogens is 2. The molecule has 5 nitrogen and oxygen atoms in total. The summed E-state index contributed by atoms with van der Waals surface area (Å²) in [6.45, 7) is -1.21. The van der Waals surface area contributed by atoms with Crippen molar-refractivity contribution in [2.75, 3.05) is 12.4 Å². The van der Waals surface area contributed by atoms with E-state index in [0.29, 0.717) is 12.1 Å². The van der Waals surface area contributed by atoms with Gasteiger partial charge in [0, 0.05) is 11.8 Å². The first-order valence-electron chi connectivity index (χ1n) is 5.67. The molecule has 0 aliphatic rings. The van der Waals surface area contributed by atoms with Gasteiger partial charge in [-0.25, -0.2) is 0 Å². The van der Waals surface area contributed by atoms with Crippen molar-refractivity contribution in [3.8, 4) is 11.5 Å². The standard InChI is InChI=1S/C12H16F2N2O3/c1-3-8(15)11(17)16-7-4-5-9(18-2)10(6-7)19-12(13)14/h4-6,8,12H,3,15H2,1-2H3,(H,16,17)/t8-/m0/s1. The van der Waals surface area contributed by atoms with Crippen LogP contribution in [-0.2, 0) is 4.79 Å². The molecule has 0 fully saturated rings. The second-order valence-corrected chi connectivity index (χ2v) is 3.75. The predicted octanol–water partition coefficient (Wildman–Crippen LogP) is 1.97. The van der Waals surface area contributed by atoms with E-state index in [4.69, 9.17) is 10.5 Å². The van der Waals surface area contributed by atoms with E-state index in [2.05, 4.69) is 10.1 Å². The molecular weight excluding hydrogens is 258 g/mol. The number of anilines is 1. The summed E-state index contributed by atoms with van der Waals surface area (Å²) in [5, 5.41) is 2.51. The molecule has 1 amide bonds. The van der Waals surface area contributed by atoms with Crippen molar-refractivity contribution in [3.63, 3.8) is 0 Å². The molecule has 1 rings (SSSR count). The van der Waals surface area contributed by atoms with Crippen LogP contribution < -0.4 is 20.5 Å². The lowest BCUT2D eigenvalue weighted by atomic mass is 10.2. The maximum absolute atomic E-state index is 12.2. The number of ether oxygens (including phenoxy) is 2. The summed E-state index contributed by atoms with van der Waals surface area (Å²) in [7, 11) is 1.33. The lowest BCUT2D eigenvalue weighted by molar-refractivity contribution is -0.117. The van der Waals surface area contributed by atoms with Gasteiger partial charge in [0.1, 0.15) is 0 Å². The zero-order valence-corrected chi connectivity index (χ0v) is 10.7. The average molecular weight is 274 g/mol. The molecule has 0 radical (unpaired) electrons. The molecule has 0 bridgehead atoms. The van der Waals surface area contributed by atoms with E-state index >= 15 is 0 Å². The minimum absolute atomic E-state index is 0.151. The third-order valence-electron chi connectivity index (χ3n) is 2.42. The third kappa shape index (κ3) is 4.36. The number of carbonyl (C=O) groups excluding carboxylic acids is 1. The number of benzene rings is 1. The Balaban J connectivity index is 2.88. The first-order valence-corrected chi connectivity index (χ1v) is 5.67. The number of nitrogens with two attached hydrogens (primary N) is 1. The Morgan fingerprint density at radius 1 is 1.42 bits per heavy atom. The number of hydrogen-bond acceptors (Lipinski definition) is 4. The zero-order valence-electron chi connectivity index (χ0n) is 10.7. The van der Waals surface area contributed by atoms with Gasteiger partial charge in [-0.15, -0.1) is 0 Å². The second kappa shape index (κ2) is 6.89. The fourth-order valence-corrected chi connectivity index (χ4v) is 1.36. The van der Waals surface area contributed by atoms with Crippen molar-refractivity contribution < 1.29 is 23.0 Å². The van der Waals surface area contributed by atoms with Crippen molar-refractivity contribution >= 4 is 11.6 Å². The Morgan fingerprint density at radius 2 is 2.11 bits per heavy atom. The van der Waals surface area contributed by atoms with E-state index in [-0.39, 0.29) is 11.5 Å². The van der Waals surface area contributed by atoms with Crippen molar-refractivity contribution in [2.45, 2.75) is 26.0 Å². The molecule has 0 spiro atoms. The zero-order chi connectivity index (χ0) is 14.4. The van der Waals surface area contributed by atoms with Crippen LogP contribution >= 0.6 is 0 Å². The van der Waals surface area contributed by atoms with Crippen LogP contribution in [-0.4, -0.2) is 25.7 Å². The SMILES string of the molecule is CC[C@H](N)C(=O)Nc1ccc(OC)c(OC(F)F)c1. The Hall–Kier alpha value is -1.89. The summed E-state index contributed by atoms with van der Waals surface area (Å²) >= 11 is 0. The van der Waals surface area contributed by atoms with E-state index in [0.717, 1.165) is 0 Å². The molecule has 106 valence electrons. The van der Waals surface area contributed by atoms with Crippen LogP contribution in [0.5, 0.6) is 11.5 Å². The van der Waals surface area contributed by atoms with Crippen molar-refractivity contribution in [1.29, 1.82) is 0 Å². The van der Waals surface area contributed by atoms with Crippen LogP contribution in [0.15, 0.2) is 18.2 Å². The molecule has 0 saturated carbocycles. The number of rotatable bonds is 6. The van der Waals surface area contributed by atoms with Gasteiger partial charge in [0.25, 0.3) is 0 Å². The summed E-state index contributed by atoms with van der Waals surface area (Å²) < 4.78 is 33.6. The van der Waals surface area contributed by atoms with Crippen molar-refractivity contribution in [3.05, 3.63) is 18.2 Å². The van der Waals surface area contributed by atoms with Crippen LogP contribution in [0.2, 0.25) is 0 Å². The number of alkyl halides is 2. The predicted molar refractivity (Wildman–Crippen MR) is 66.5 cm³/mol. The van der Waals surface area contributed by atoms with Crippen LogP contribution in [0.3, 0.4) is 0 Å². The summed E-state index contributed by atoms with van der Waals surface area (Å²) in [6, 6.07) is 3.54. The van der Waals surface area contributed by atoms with E-state index in [1.807, 2.05) is 0 Å². The summed E-state index contributed by atoms with van der Waals surface area (Å²) in [6.07, 6.45) is 0.475. The Kier molecular flexibility index (Phi) is 5.50. The van der Waals surface area contributed by atoms with Gasteiger partial charge in [-0.1, -0.05) is 6.92 Å². The highest BCUT2D eigenvalue weighted by atomic mass is 19.3. The van der Waals surface area contributed by atoms with Crippen LogP contribution in [0.1, 0.15) is 13.3 Å². The number of amides is 1. The highest BCUT2D eigenvalue weighted by molar-refractivity contribution is 5.94. The highest BCUT2D eigenvalue weighted by Crippen LogP contribution is 2.31. The monoisotopic (exact) mass is 274 g/mol. The van der Waals surface area contributed by atoms with E-state index in [1.54, 1.807) is 6.92 Å². The molecule has 1 aromatic rings. The molecule has 0 saturated heterocycles. The van der Waals surface area contributed by atoms with Crippen molar-refractivity contribution in [1.82, 2.24) is 0 Å². The van der Waals surface area contributed by atoms with Gasteiger partial charge in [0.05, 0.1) is 13.2 Å². The Labute approximate surface area is 109 Å². The molecule has 1 atom stereocenters. The number of methoxy groups -OCH3 is 1. The summed E-state index contributed by atoms with van der Waals surface area (Å²) in [5.74, 6) is -0.394. The quantitative estimate of drug-likeness (QED) is 0.831. The highest BCUT2D eigenvalue weighted by Gasteiger charge is 2.14. The maximum atomic E-state index is 12.2. The van der Waals surface area contributed by atoms with Gasteiger partial charge in [-0.2, -0.15) is 8.78 Å². The molecule has 0 aliphatic carbocycles. The third-order valence-corrected chi connectivity index (χ3v) is 2.42. The van der Waals surface area contributed by atoms with Gasteiger partial charge in [0.2, 0.25) is 5.91 Å². The molecule has 0 unspecified atom stereocenters. The van der Waals surface area contributed by atoms with E-state index in [1.165, 1.54) is 25.3 Å². The van der Waals surface area contributed by atoms with E-state index in [9.17, 15) is 13.6 Å². The number of carbonyl (C=O) groups is 1. The molecule has 0 aromatic heterocycles. The van der Waals surface area contributed by atoms with Crippen LogP contribution in [0.4, 0.5) is 14.5 Å².